The number of benzene rings is 1. The molecule has 0 amide bonds. The van der Waals surface area contributed by atoms with Crippen LogP contribution < -0.4 is 15.1 Å². The van der Waals surface area contributed by atoms with Gasteiger partial charge in [0, 0.05) is 23.4 Å². The van der Waals surface area contributed by atoms with Gasteiger partial charge in [-0.15, -0.1) is 10.2 Å². The van der Waals surface area contributed by atoms with Gasteiger partial charge in [0.1, 0.15) is 13.1 Å². The molecular formula is C18H25ClN6+2. The average molecular weight is 361 g/mol. The van der Waals surface area contributed by atoms with Crippen molar-refractivity contribution in [3.63, 3.8) is 0 Å². The Labute approximate surface area is 152 Å². The summed E-state index contributed by atoms with van der Waals surface area (Å²) in [6, 6.07) is 6.26. The predicted molar refractivity (Wildman–Crippen MR) is 96.3 cm³/mol. The standard InChI is InChI=1S/C18H23ClN6/c1-18(4-5-18)24-11-13-10-14(19)2-3-15(13)25-16(12-24)21-22-17(25)23-8-6-20-7-9-23/h2-3,10,20H,4-9,11-12H2,1H3/p+2. The van der Waals surface area contributed by atoms with Crippen molar-refractivity contribution < 1.29 is 10.2 Å². The first-order chi connectivity index (χ1) is 12.1. The van der Waals surface area contributed by atoms with E-state index in [0.29, 0.717) is 5.54 Å². The molecule has 2 aliphatic heterocycles. The Balaban J connectivity index is 1.64. The van der Waals surface area contributed by atoms with Gasteiger partial charge in [-0.2, -0.15) is 0 Å². The van der Waals surface area contributed by atoms with Crippen LogP contribution in [0.3, 0.4) is 0 Å². The third-order valence-corrected chi connectivity index (χ3v) is 6.35. The number of hydrogen-bond donors (Lipinski definition) is 2. The van der Waals surface area contributed by atoms with E-state index in [2.05, 4.69) is 44.0 Å². The number of piperazine rings is 1. The number of nitrogens with zero attached hydrogens (tertiary/aromatic N) is 4. The number of fused-ring (bicyclic) bond motifs is 3. The van der Waals surface area contributed by atoms with Crippen molar-refractivity contribution in [1.82, 2.24) is 14.8 Å². The lowest BCUT2D eigenvalue weighted by Crippen LogP contribution is -3.14. The summed E-state index contributed by atoms with van der Waals surface area (Å²) in [6.45, 7) is 8.60. The molecule has 5 rings (SSSR count). The van der Waals surface area contributed by atoms with Gasteiger partial charge in [0.25, 0.3) is 0 Å². The number of halogens is 1. The molecule has 0 bridgehead atoms. The first-order valence-electron chi connectivity index (χ1n) is 9.29. The maximum Gasteiger partial charge on any atom is 0.232 e. The number of anilines is 1. The molecule has 2 fully saturated rings. The van der Waals surface area contributed by atoms with Gasteiger partial charge in [-0.1, -0.05) is 11.6 Å². The molecular weight excluding hydrogens is 336 g/mol. The van der Waals surface area contributed by atoms with Gasteiger partial charge in [0.2, 0.25) is 5.95 Å². The van der Waals surface area contributed by atoms with Crippen LogP contribution in [0.4, 0.5) is 5.95 Å². The molecule has 1 aromatic heterocycles. The van der Waals surface area contributed by atoms with Crippen LogP contribution in [-0.4, -0.2) is 46.5 Å². The molecule has 3 N–H and O–H groups in total. The largest absolute Gasteiger partial charge is 0.343 e. The third kappa shape index (κ3) is 2.63. The number of nitrogens with one attached hydrogen (secondary N) is 1. The molecule has 2 aromatic rings. The van der Waals surface area contributed by atoms with Crippen molar-refractivity contribution in [2.75, 3.05) is 31.1 Å². The monoisotopic (exact) mass is 360 g/mol. The van der Waals surface area contributed by atoms with Gasteiger partial charge in [-0.25, -0.2) is 0 Å². The minimum absolute atomic E-state index is 0.376. The smallest absolute Gasteiger partial charge is 0.232 e. The molecule has 3 heterocycles. The number of quaternary nitrogens is 2. The van der Waals surface area contributed by atoms with Gasteiger partial charge in [0.15, 0.2) is 5.82 Å². The van der Waals surface area contributed by atoms with E-state index in [4.69, 9.17) is 11.6 Å². The zero-order valence-corrected chi connectivity index (χ0v) is 15.4. The second kappa shape index (κ2) is 5.69. The highest BCUT2D eigenvalue weighted by atomic mass is 35.5. The van der Waals surface area contributed by atoms with Crippen LogP contribution in [0.15, 0.2) is 18.2 Å². The van der Waals surface area contributed by atoms with Crippen LogP contribution >= 0.6 is 11.6 Å². The summed E-state index contributed by atoms with van der Waals surface area (Å²) in [4.78, 5) is 3.96. The Kier molecular flexibility index (Phi) is 3.55. The van der Waals surface area contributed by atoms with E-state index in [1.54, 1.807) is 4.90 Å². The number of rotatable bonds is 2. The molecule has 25 heavy (non-hydrogen) atoms. The normalized spacial score (nSPS) is 24.4. The summed E-state index contributed by atoms with van der Waals surface area (Å²) < 4.78 is 2.29. The Hall–Kier alpha value is -1.63. The molecule has 1 saturated carbocycles. The van der Waals surface area contributed by atoms with Crippen LogP contribution in [0, 0.1) is 0 Å². The molecule has 1 aromatic carbocycles. The highest BCUT2D eigenvalue weighted by Crippen LogP contribution is 2.34. The van der Waals surface area contributed by atoms with E-state index in [1.165, 1.54) is 24.1 Å². The summed E-state index contributed by atoms with van der Waals surface area (Å²) in [5, 5.41) is 12.4. The topological polar surface area (TPSA) is 55.0 Å². The lowest BCUT2D eigenvalue weighted by atomic mass is 10.1. The van der Waals surface area contributed by atoms with Crippen molar-refractivity contribution in [2.24, 2.45) is 0 Å². The SMILES string of the molecule is CC1([NH+]2Cc3cc(Cl)ccc3-n3c(nnc3N3CC[NH2+]CC3)C2)CC1. The Morgan fingerprint density at radius 2 is 1.96 bits per heavy atom. The minimum Gasteiger partial charge on any atom is -0.343 e. The van der Waals surface area contributed by atoms with Crippen LogP contribution in [0.25, 0.3) is 5.69 Å². The zero-order valence-electron chi connectivity index (χ0n) is 14.6. The number of aromatic nitrogens is 3. The highest BCUT2D eigenvalue weighted by Gasteiger charge is 2.49. The predicted octanol–water partition coefficient (Wildman–Crippen LogP) is -0.245. The molecule has 0 radical (unpaired) electrons. The van der Waals surface area contributed by atoms with Crippen LogP contribution in [0.2, 0.25) is 5.02 Å². The van der Waals surface area contributed by atoms with Crippen molar-refractivity contribution in [3.8, 4) is 5.69 Å². The number of nitrogens with two attached hydrogens (primary N) is 1. The fourth-order valence-electron chi connectivity index (χ4n) is 4.19. The van der Waals surface area contributed by atoms with Crippen molar-refractivity contribution in [2.45, 2.75) is 38.4 Å². The molecule has 1 saturated heterocycles. The fraction of sp³-hybridized carbons (Fsp3) is 0.556. The lowest BCUT2D eigenvalue weighted by molar-refractivity contribution is -0.961. The van der Waals surface area contributed by atoms with E-state index in [9.17, 15) is 0 Å². The van der Waals surface area contributed by atoms with Crippen molar-refractivity contribution in [1.29, 1.82) is 0 Å². The Morgan fingerprint density at radius 1 is 1.16 bits per heavy atom. The van der Waals surface area contributed by atoms with Gasteiger partial charge in [-0.3, -0.25) is 4.57 Å². The van der Waals surface area contributed by atoms with E-state index >= 15 is 0 Å². The first kappa shape index (κ1) is 15.6. The van der Waals surface area contributed by atoms with Crippen LogP contribution in [0.1, 0.15) is 31.2 Å². The quantitative estimate of drug-likeness (QED) is 0.777. The van der Waals surface area contributed by atoms with E-state index in [-0.39, 0.29) is 0 Å². The molecule has 1 atom stereocenters. The summed E-state index contributed by atoms with van der Waals surface area (Å²) >= 11 is 6.33. The lowest BCUT2D eigenvalue weighted by Gasteiger charge is -2.26. The second-order valence-electron chi connectivity index (χ2n) is 7.90. The van der Waals surface area contributed by atoms with Crippen LogP contribution in [0.5, 0.6) is 0 Å². The van der Waals surface area contributed by atoms with Crippen molar-refractivity contribution >= 4 is 17.5 Å². The average Bonchev–Trinajstić information content (AvgIpc) is 3.28. The fourth-order valence-corrected chi connectivity index (χ4v) is 4.38. The van der Waals surface area contributed by atoms with E-state index in [0.717, 1.165) is 56.1 Å². The molecule has 1 aliphatic carbocycles. The molecule has 0 spiro atoms. The zero-order chi connectivity index (χ0) is 17.0. The molecule has 7 heteroatoms. The second-order valence-corrected chi connectivity index (χ2v) is 8.33. The van der Waals surface area contributed by atoms with E-state index in [1.807, 2.05) is 6.07 Å². The maximum atomic E-state index is 6.33. The first-order valence-corrected chi connectivity index (χ1v) is 9.67. The molecule has 6 nitrogen and oxygen atoms in total. The third-order valence-electron chi connectivity index (χ3n) is 6.11. The van der Waals surface area contributed by atoms with Gasteiger partial charge < -0.3 is 15.1 Å². The molecule has 1 unspecified atom stereocenters. The minimum atomic E-state index is 0.376. The van der Waals surface area contributed by atoms with E-state index < -0.39 is 0 Å². The summed E-state index contributed by atoms with van der Waals surface area (Å²) in [7, 11) is 0. The highest BCUT2D eigenvalue weighted by molar-refractivity contribution is 6.30. The summed E-state index contributed by atoms with van der Waals surface area (Å²) in [5.74, 6) is 2.07. The summed E-state index contributed by atoms with van der Waals surface area (Å²) in [6.07, 6.45) is 2.59. The Bertz CT molecular complexity index is 806. The van der Waals surface area contributed by atoms with Crippen molar-refractivity contribution in [3.05, 3.63) is 34.6 Å². The number of hydrogen-bond acceptors (Lipinski definition) is 3. The van der Waals surface area contributed by atoms with Gasteiger partial charge >= 0.3 is 0 Å². The summed E-state index contributed by atoms with van der Waals surface area (Å²) in [5.41, 5.74) is 2.88. The van der Waals surface area contributed by atoms with Gasteiger partial charge in [-0.05, 0) is 25.1 Å². The molecule has 132 valence electrons. The molecule has 3 aliphatic rings. The Morgan fingerprint density at radius 3 is 2.72 bits per heavy atom. The van der Waals surface area contributed by atoms with Crippen LogP contribution in [-0.2, 0) is 13.1 Å². The maximum absolute atomic E-state index is 6.33. The van der Waals surface area contributed by atoms with Gasteiger partial charge in [0.05, 0.1) is 37.4 Å².